The van der Waals surface area contributed by atoms with Crippen molar-refractivity contribution < 1.29 is 4.79 Å². The third-order valence-electron chi connectivity index (χ3n) is 3.81. The van der Waals surface area contributed by atoms with Gasteiger partial charge in [-0.1, -0.05) is 13.8 Å². The highest BCUT2D eigenvalue weighted by Gasteiger charge is 2.30. The third kappa shape index (κ3) is 2.73. The normalized spacial score (nSPS) is 26.3. The maximum atomic E-state index is 11.9. The molecule has 1 aliphatic rings. The molecule has 0 aromatic carbocycles. The lowest BCUT2D eigenvalue weighted by molar-refractivity contribution is -0.125. The van der Waals surface area contributed by atoms with E-state index in [9.17, 15) is 4.79 Å². The number of rotatable bonds is 3. The fraction of sp³-hybridized carbons (Fsp3) is 0.643. The molecule has 0 N–H and O–H groups in total. The van der Waals surface area contributed by atoms with E-state index in [-0.39, 0.29) is 5.92 Å². The van der Waals surface area contributed by atoms with Gasteiger partial charge in [0, 0.05) is 12.3 Å². The summed E-state index contributed by atoms with van der Waals surface area (Å²) in [5.74, 6) is 2.25. The van der Waals surface area contributed by atoms with E-state index in [0.717, 1.165) is 37.5 Å². The van der Waals surface area contributed by atoms with Gasteiger partial charge in [-0.25, -0.2) is 0 Å². The van der Waals surface area contributed by atoms with Crippen LogP contribution in [0.2, 0.25) is 0 Å². The summed E-state index contributed by atoms with van der Waals surface area (Å²) in [5.41, 5.74) is 1.34. The molecule has 88 valence electrons. The molecular weight excluding hydrogens is 216 g/mol. The van der Waals surface area contributed by atoms with Crippen LogP contribution in [0.15, 0.2) is 16.8 Å². The molecule has 1 aliphatic carbocycles. The van der Waals surface area contributed by atoms with Crippen molar-refractivity contribution >= 4 is 17.1 Å². The highest BCUT2D eigenvalue weighted by atomic mass is 32.1. The minimum absolute atomic E-state index is 0.288. The molecule has 16 heavy (non-hydrogen) atoms. The van der Waals surface area contributed by atoms with Crippen LogP contribution in [0, 0.1) is 17.8 Å². The van der Waals surface area contributed by atoms with Crippen LogP contribution in [0.1, 0.15) is 38.7 Å². The van der Waals surface area contributed by atoms with Gasteiger partial charge in [-0.15, -0.1) is 0 Å². The molecule has 2 unspecified atom stereocenters. The number of Topliss-reactive ketones (excluding diaryl/α,β-unsaturated/α-hetero) is 1. The second kappa shape index (κ2) is 5.13. The van der Waals surface area contributed by atoms with Crippen LogP contribution in [-0.2, 0) is 11.2 Å². The topological polar surface area (TPSA) is 17.1 Å². The Bertz CT molecular complexity index is 340. The summed E-state index contributed by atoms with van der Waals surface area (Å²) in [6.45, 7) is 4.56. The van der Waals surface area contributed by atoms with Crippen molar-refractivity contribution in [3.8, 4) is 0 Å². The molecule has 0 bridgehead atoms. The van der Waals surface area contributed by atoms with E-state index in [4.69, 9.17) is 0 Å². The van der Waals surface area contributed by atoms with Crippen molar-refractivity contribution in [2.75, 3.05) is 0 Å². The Balaban J connectivity index is 1.99. The number of ketones is 1. The van der Waals surface area contributed by atoms with Crippen LogP contribution in [0.3, 0.4) is 0 Å². The van der Waals surface area contributed by atoms with E-state index >= 15 is 0 Å². The summed E-state index contributed by atoms with van der Waals surface area (Å²) < 4.78 is 0. The minimum atomic E-state index is 0.288. The minimum Gasteiger partial charge on any atom is -0.299 e. The van der Waals surface area contributed by atoms with Crippen LogP contribution in [0.25, 0.3) is 0 Å². The highest BCUT2D eigenvalue weighted by Crippen LogP contribution is 2.33. The third-order valence-corrected chi connectivity index (χ3v) is 4.54. The molecule has 0 radical (unpaired) electrons. The molecule has 2 heteroatoms. The summed E-state index contributed by atoms with van der Waals surface area (Å²) >= 11 is 1.73. The first-order valence-electron chi connectivity index (χ1n) is 6.20. The Kier molecular flexibility index (Phi) is 3.80. The summed E-state index contributed by atoms with van der Waals surface area (Å²) in [6, 6.07) is 2.15. The smallest absolute Gasteiger partial charge is 0.136 e. The van der Waals surface area contributed by atoms with Crippen LogP contribution in [-0.4, -0.2) is 5.78 Å². The Morgan fingerprint density at radius 3 is 2.94 bits per heavy atom. The average Bonchev–Trinajstić information content (AvgIpc) is 2.73. The molecule has 1 nitrogen and oxygen atoms in total. The molecule has 1 aromatic heterocycles. The largest absolute Gasteiger partial charge is 0.299 e. The fourth-order valence-electron chi connectivity index (χ4n) is 2.64. The first-order valence-corrected chi connectivity index (χ1v) is 7.15. The molecule has 1 aromatic rings. The maximum absolute atomic E-state index is 11.9. The molecular formula is C14H20OS. The van der Waals surface area contributed by atoms with Crippen molar-refractivity contribution in [2.24, 2.45) is 17.8 Å². The molecule has 1 heterocycles. The van der Waals surface area contributed by atoms with Gasteiger partial charge in [0.15, 0.2) is 0 Å². The molecule has 2 atom stereocenters. The number of thiophene rings is 1. The van der Waals surface area contributed by atoms with Gasteiger partial charge in [0.2, 0.25) is 0 Å². The van der Waals surface area contributed by atoms with E-state index in [2.05, 4.69) is 30.7 Å². The Morgan fingerprint density at radius 2 is 2.31 bits per heavy atom. The molecule has 2 rings (SSSR count). The van der Waals surface area contributed by atoms with Crippen LogP contribution in [0.4, 0.5) is 0 Å². The second-order valence-electron chi connectivity index (χ2n) is 5.28. The average molecular weight is 236 g/mol. The lowest BCUT2D eigenvalue weighted by Gasteiger charge is -2.30. The monoisotopic (exact) mass is 236 g/mol. The Hall–Kier alpha value is -0.630. The lowest BCUT2D eigenvalue weighted by atomic mass is 9.74. The molecule has 0 saturated heterocycles. The van der Waals surface area contributed by atoms with Gasteiger partial charge in [0.1, 0.15) is 5.78 Å². The summed E-state index contributed by atoms with van der Waals surface area (Å²) in [4.78, 5) is 11.9. The fourth-order valence-corrected chi connectivity index (χ4v) is 3.32. The van der Waals surface area contributed by atoms with Crippen LogP contribution >= 0.6 is 11.3 Å². The second-order valence-corrected chi connectivity index (χ2v) is 6.06. The maximum Gasteiger partial charge on any atom is 0.136 e. The predicted molar refractivity (Wildman–Crippen MR) is 68.7 cm³/mol. The van der Waals surface area contributed by atoms with Gasteiger partial charge in [0.05, 0.1) is 0 Å². The summed E-state index contributed by atoms with van der Waals surface area (Å²) in [6.07, 6.45) is 3.98. The van der Waals surface area contributed by atoms with E-state index in [1.807, 2.05) is 0 Å². The molecule has 0 spiro atoms. The van der Waals surface area contributed by atoms with Gasteiger partial charge in [-0.3, -0.25) is 4.79 Å². The van der Waals surface area contributed by atoms with Crippen LogP contribution in [0.5, 0.6) is 0 Å². The van der Waals surface area contributed by atoms with Crippen molar-refractivity contribution in [2.45, 2.75) is 39.5 Å². The summed E-state index contributed by atoms with van der Waals surface area (Å²) in [5, 5.41) is 4.27. The quantitative estimate of drug-likeness (QED) is 0.777. The zero-order chi connectivity index (χ0) is 11.5. The summed E-state index contributed by atoms with van der Waals surface area (Å²) in [7, 11) is 0. The first kappa shape index (κ1) is 11.8. The molecule has 1 fully saturated rings. The van der Waals surface area contributed by atoms with Crippen molar-refractivity contribution in [3.63, 3.8) is 0 Å². The number of carbonyl (C=O) groups excluding carboxylic acids is 1. The van der Waals surface area contributed by atoms with Crippen LogP contribution < -0.4 is 0 Å². The van der Waals surface area contributed by atoms with E-state index in [0.29, 0.717) is 5.78 Å². The number of hydrogen-bond acceptors (Lipinski definition) is 2. The zero-order valence-corrected chi connectivity index (χ0v) is 10.9. The van der Waals surface area contributed by atoms with Gasteiger partial charge in [-0.05, 0) is 53.5 Å². The van der Waals surface area contributed by atoms with E-state index < -0.39 is 0 Å². The van der Waals surface area contributed by atoms with Gasteiger partial charge >= 0.3 is 0 Å². The van der Waals surface area contributed by atoms with E-state index in [1.165, 1.54) is 5.56 Å². The van der Waals surface area contributed by atoms with E-state index in [1.54, 1.807) is 11.3 Å². The standard InChI is InChI=1S/C14H20OS/c1-10(2)12-3-4-14(15)13(8-12)7-11-5-6-16-9-11/h5-6,9-10,12-13H,3-4,7-8H2,1-2H3. The van der Waals surface area contributed by atoms with Crippen molar-refractivity contribution in [3.05, 3.63) is 22.4 Å². The van der Waals surface area contributed by atoms with Gasteiger partial charge in [0.25, 0.3) is 0 Å². The number of hydrogen-bond donors (Lipinski definition) is 0. The van der Waals surface area contributed by atoms with Crippen molar-refractivity contribution in [1.29, 1.82) is 0 Å². The lowest BCUT2D eigenvalue weighted by Crippen LogP contribution is -2.28. The van der Waals surface area contributed by atoms with Gasteiger partial charge in [-0.2, -0.15) is 11.3 Å². The highest BCUT2D eigenvalue weighted by molar-refractivity contribution is 7.07. The van der Waals surface area contributed by atoms with Crippen molar-refractivity contribution in [1.82, 2.24) is 0 Å². The Morgan fingerprint density at radius 1 is 1.50 bits per heavy atom. The molecule has 1 saturated carbocycles. The first-order chi connectivity index (χ1) is 7.66. The molecule has 0 amide bonds. The SMILES string of the molecule is CC(C)C1CCC(=O)C(Cc2ccsc2)C1. The predicted octanol–water partition coefficient (Wildman–Crippen LogP) is 3.93. The van der Waals surface area contributed by atoms with Gasteiger partial charge < -0.3 is 0 Å². The number of carbonyl (C=O) groups is 1. The molecule has 0 aliphatic heterocycles. The zero-order valence-electron chi connectivity index (χ0n) is 10.1. The Labute approximate surface area is 102 Å².